The minimum absolute atomic E-state index is 0.261. The van der Waals surface area contributed by atoms with E-state index in [2.05, 4.69) is 188 Å². The third kappa shape index (κ3) is 6.40. The number of benzene rings is 10. The van der Waals surface area contributed by atoms with Gasteiger partial charge in [0.25, 0.3) is 0 Å². The summed E-state index contributed by atoms with van der Waals surface area (Å²) in [5.74, 6) is 1.44. The standard InChI is InChI=1S/C71H47N7/c1-70(2)55-25-12-8-21-47(55)49-32-35-60-63(65(49)70)51-23-10-14-27-57(51)77(60)59-34-30-46(45-20-16-17-42(37-45)40-72)39-54(59)69-75-67(44-18-6-5-7-19-44)74-68(76-69)53-31-29-43(41-73)38-62(53)78-58-28-15-11-24-52(58)64-61(78)36-33-50-48-22-9-13-26-56(48)71(3,4)66(50)64/h5-39H,1-4H3. The van der Waals surface area contributed by atoms with Gasteiger partial charge in [-0.2, -0.15) is 10.5 Å². The van der Waals surface area contributed by atoms with Gasteiger partial charge in [-0.05, 0) is 122 Å². The second-order valence-corrected chi connectivity index (χ2v) is 21.8. The van der Waals surface area contributed by atoms with Gasteiger partial charge in [-0.15, -0.1) is 0 Å². The van der Waals surface area contributed by atoms with Crippen molar-refractivity contribution in [3.63, 3.8) is 0 Å². The molecule has 0 saturated carbocycles. The molecule has 7 heteroatoms. The minimum atomic E-state index is -0.273. The van der Waals surface area contributed by atoms with E-state index >= 15 is 0 Å². The van der Waals surface area contributed by atoms with E-state index in [9.17, 15) is 10.5 Å². The summed E-state index contributed by atoms with van der Waals surface area (Å²) in [5.41, 5.74) is 20.9. The molecule has 78 heavy (non-hydrogen) atoms. The molecule has 0 amide bonds. The predicted molar refractivity (Wildman–Crippen MR) is 315 cm³/mol. The summed E-state index contributed by atoms with van der Waals surface area (Å²) >= 11 is 0. The Hall–Kier alpha value is -10.2. The van der Waals surface area contributed by atoms with Crippen molar-refractivity contribution in [2.75, 3.05) is 0 Å². The Morgan fingerprint density at radius 1 is 0.346 bits per heavy atom. The van der Waals surface area contributed by atoms with Crippen LogP contribution in [0.5, 0.6) is 0 Å². The van der Waals surface area contributed by atoms with E-state index in [-0.39, 0.29) is 10.8 Å². The number of hydrogen-bond donors (Lipinski definition) is 0. The van der Waals surface area contributed by atoms with E-state index in [1.54, 1.807) is 0 Å². The summed E-state index contributed by atoms with van der Waals surface area (Å²) in [7, 11) is 0. The first kappa shape index (κ1) is 45.2. The molecule has 0 saturated heterocycles. The quantitative estimate of drug-likeness (QED) is 0.165. The van der Waals surface area contributed by atoms with Gasteiger partial charge >= 0.3 is 0 Å². The fourth-order valence-electron chi connectivity index (χ4n) is 13.3. The van der Waals surface area contributed by atoms with Crippen molar-refractivity contribution in [2.24, 2.45) is 0 Å². The second-order valence-electron chi connectivity index (χ2n) is 21.8. The van der Waals surface area contributed by atoms with Crippen molar-refractivity contribution < 1.29 is 0 Å². The maximum Gasteiger partial charge on any atom is 0.166 e. The molecule has 15 rings (SSSR count). The number of rotatable bonds is 6. The van der Waals surface area contributed by atoms with Gasteiger partial charge < -0.3 is 9.13 Å². The fraction of sp³-hybridized carbons (Fsp3) is 0.0845. The van der Waals surface area contributed by atoms with Crippen LogP contribution in [0.1, 0.15) is 61.1 Å². The highest BCUT2D eigenvalue weighted by atomic mass is 15.1. The number of fused-ring (bicyclic) bond motifs is 14. The van der Waals surface area contributed by atoms with Crippen LogP contribution in [-0.2, 0) is 10.8 Å². The van der Waals surface area contributed by atoms with E-state index in [1.807, 2.05) is 72.8 Å². The molecule has 10 aromatic carbocycles. The van der Waals surface area contributed by atoms with E-state index < -0.39 is 0 Å². The number of aromatic nitrogens is 5. The van der Waals surface area contributed by atoms with Crippen LogP contribution in [0.3, 0.4) is 0 Å². The molecule has 366 valence electrons. The Kier molecular flexibility index (Phi) is 9.65. The summed E-state index contributed by atoms with van der Waals surface area (Å²) in [4.78, 5) is 16.5. The van der Waals surface area contributed by atoms with Gasteiger partial charge in [-0.25, -0.2) is 15.0 Å². The van der Waals surface area contributed by atoms with Crippen LogP contribution in [0.15, 0.2) is 212 Å². The predicted octanol–water partition coefficient (Wildman–Crippen LogP) is 17.1. The SMILES string of the molecule is CC1(C)c2ccccc2-c2ccc3c(c21)c1ccccc1n3-c1ccc(-c2cccc(C#N)c2)cc1-c1nc(-c2ccccc2)nc(-c2ccc(C#N)cc2-n2c3ccccc3c3c4c(ccc32)-c2ccccc2C4(C)C)n1. The lowest BCUT2D eigenvalue weighted by Crippen LogP contribution is -2.15. The van der Waals surface area contributed by atoms with Crippen LogP contribution in [0, 0.1) is 22.7 Å². The Labute approximate surface area is 451 Å². The molecule has 13 aromatic rings. The average Bonchev–Trinajstić information content (AvgIpc) is 4.20. The summed E-state index contributed by atoms with van der Waals surface area (Å²) < 4.78 is 4.68. The molecule has 3 aromatic heterocycles. The first-order chi connectivity index (χ1) is 38.1. The molecule has 0 bridgehead atoms. The first-order valence-electron chi connectivity index (χ1n) is 26.5. The largest absolute Gasteiger partial charge is 0.308 e. The average molecular weight is 998 g/mol. The number of hydrogen-bond acceptors (Lipinski definition) is 5. The van der Waals surface area contributed by atoms with Crippen LogP contribution in [0.4, 0.5) is 0 Å². The van der Waals surface area contributed by atoms with E-state index in [0.717, 1.165) is 72.0 Å². The smallest absolute Gasteiger partial charge is 0.166 e. The number of para-hydroxylation sites is 2. The topological polar surface area (TPSA) is 96.1 Å². The molecule has 3 heterocycles. The van der Waals surface area contributed by atoms with Gasteiger partial charge in [0.05, 0.1) is 56.7 Å². The lowest BCUT2D eigenvalue weighted by molar-refractivity contribution is 0.666. The first-order valence-corrected chi connectivity index (χ1v) is 26.5. The van der Waals surface area contributed by atoms with Crippen molar-refractivity contribution >= 4 is 43.6 Å². The third-order valence-corrected chi connectivity index (χ3v) is 16.8. The van der Waals surface area contributed by atoms with Gasteiger partial charge in [0.1, 0.15) is 0 Å². The van der Waals surface area contributed by atoms with Crippen LogP contribution in [-0.4, -0.2) is 24.1 Å². The molecule has 0 N–H and O–H groups in total. The zero-order valence-corrected chi connectivity index (χ0v) is 43.3. The van der Waals surface area contributed by atoms with E-state index in [4.69, 9.17) is 15.0 Å². The summed E-state index contributed by atoms with van der Waals surface area (Å²) in [6.45, 7) is 9.36. The second kappa shape index (κ2) is 16.6. The lowest BCUT2D eigenvalue weighted by Gasteiger charge is -2.23. The van der Waals surface area contributed by atoms with Crippen molar-refractivity contribution in [3.05, 3.63) is 246 Å². The molecular formula is C71H47N7. The zero-order valence-electron chi connectivity index (χ0n) is 43.3. The Morgan fingerprint density at radius 3 is 1.45 bits per heavy atom. The van der Waals surface area contributed by atoms with Crippen LogP contribution >= 0.6 is 0 Å². The highest BCUT2D eigenvalue weighted by Crippen LogP contribution is 2.55. The van der Waals surface area contributed by atoms with Crippen LogP contribution in [0.2, 0.25) is 0 Å². The zero-order chi connectivity index (χ0) is 52.6. The highest BCUT2D eigenvalue weighted by Gasteiger charge is 2.40. The molecule has 0 aliphatic heterocycles. The number of nitrogens with zero attached hydrogens (tertiary/aromatic N) is 7. The molecule has 0 unspecified atom stereocenters. The molecule has 7 nitrogen and oxygen atoms in total. The molecule has 2 aliphatic carbocycles. The van der Waals surface area contributed by atoms with E-state index in [1.165, 1.54) is 55.3 Å². The van der Waals surface area contributed by atoms with Crippen molar-refractivity contribution in [2.45, 2.75) is 38.5 Å². The third-order valence-electron chi connectivity index (χ3n) is 16.8. The summed E-state index contributed by atoms with van der Waals surface area (Å²) in [6.07, 6.45) is 0. The van der Waals surface area contributed by atoms with E-state index in [0.29, 0.717) is 28.6 Å². The summed E-state index contributed by atoms with van der Waals surface area (Å²) in [6, 6.07) is 78.9. The molecule has 2 aliphatic rings. The normalized spacial score (nSPS) is 13.6. The lowest BCUT2D eigenvalue weighted by atomic mass is 9.80. The van der Waals surface area contributed by atoms with Crippen LogP contribution < -0.4 is 0 Å². The molecule has 0 fully saturated rings. The molecule has 0 spiro atoms. The maximum absolute atomic E-state index is 10.7. The molecule has 0 radical (unpaired) electrons. The number of nitriles is 2. The molecule has 0 atom stereocenters. The Morgan fingerprint density at radius 2 is 0.833 bits per heavy atom. The molecular weight excluding hydrogens is 951 g/mol. The minimum Gasteiger partial charge on any atom is -0.308 e. The maximum atomic E-state index is 10.7. The Balaban J connectivity index is 1.02. The van der Waals surface area contributed by atoms with Crippen molar-refractivity contribution in [3.8, 4) is 91.1 Å². The van der Waals surface area contributed by atoms with Crippen LogP contribution in [0.25, 0.3) is 123 Å². The van der Waals surface area contributed by atoms with Gasteiger partial charge in [-0.3, -0.25) is 0 Å². The summed E-state index contributed by atoms with van der Waals surface area (Å²) in [5, 5.41) is 25.4. The fourth-order valence-corrected chi connectivity index (χ4v) is 13.3. The van der Waals surface area contributed by atoms with Crippen molar-refractivity contribution in [1.29, 1.82) is 10.5 Å². The monoisotopic (exact) mass is 997 g/mol. The van der Waals surface area contributed by atoms with Gasteiger partial charge in [0.2, 0.25) is 0 Å². The highest BCUT2D eigenvalue weighted by molar-refractivity contribution is 6.16. The Bertz CT molecular complexity index is 4820. The van der Waals surface area contributed by atoms with Crippen molar-refractivity contribution in [1.82, 2.24) is 24.1 Å². The van der Waals surface area contributed by atoms with Gasteiger partial charge in [0, 0.05) is 49.1 Å². The van der Waals surface area contributed by atoms with Gasteiger partial charge in [-0.1, -0.05) is 173 Å². The van der Waals surface area contributed by atoms with Gasteiger partial charge in [0.15, 0.2) is 17.5 Å².